The van der Waals surface area contributed by atoms with Crippen LogP contribution in [0.4, 0.5) is 5.69 Å². The number of Topliss-reactive ketones (excluding diaryl/α,β-unsaturated/α-hetero) is 1. The van der Waals surface area contributed by atoms with E-state index in [0.717, 1.165) is 5.52 Å². The van der Waals surface area contributed by atoms with Crippen molar-refractivity contribution in [1.82, 2.24) is 9.97 Å². The molecule has 1 heterocycles. The molecule has 1 atom stereocenters. The second-order valence-electron chi connectivity index (χ2n) is 6.79. The molecule has 3 aromatic rings. The maximum Gasteiger partial charge on any atom is 0.220 e. The zero-order chi connectivity index (χ0) is 21.2. The summed E-state index contributed by atoms with van der Waals surface area (Å²) in [6, 6.07) is 12.3. The number of H-pyrrole nitrogens is 1. The minimum absolute atomic E-state index is 0.105. The largest absolute Gasteiger partial charge is 0.497 e. The number of ketones is 1. The van der Waals surface area contributed by atoms with E-state index in [9.17, 15) is 9.90 Å². The number of aromatic nitrogens is 2. The summed E-state index contributed by atoms with van der Waals surface area (Å²) in [5.74, 6) is 0.691. The van der Waals surface area contributed by atoms with Crippen molar-refractivity contribution in [3.8, 4) is 11.5 Å². The molecule has 0 fully saturated rings. The topological polar surface area (TPSA) is 122 Å². The Morgan fingerprint density at radius 1 is 1.17 bits per heavy atom. The highest BCUT2D eigenvalue weighted by atomic mass is 16.5. The van der Waals surface area contributed by atoms with E-state index in [-0.39, 0.29) is 11.3 Å². The van der Waals surface area contributed by atoms with Gasteiger partial charge in [-0.25, -0.2) is 4.98 Å². The SMILES string of the molecule is COc1cc(NC(C)(O)C(=O)/C(=C(\C)N)c2nc3ccccc3[nH]2)cc(OC)c1. The highest BCUT2D eigenvalue weighted by molar-refractivity contribution is 6.25. The number of fused-ring (bicyclic) bond motifs is 1. The lowest BCUT2D eigenvalue weighted by atomic mass is 9.99. The number of allylic oxidation sites excluding steroid dienone is 1. The number of carbonyl (C=O) groups excluding carboxylic acids is 1. The maximum absolute atomic E-state index is 13.2. The van der Waals surface area contributed by atoms with Crippen LogP contribution in [0.25, 0.3) is 16.6 Å². The molecule has 1 unspecified atom stereocenters. The number of hydrogen-bond acceptors (Lipinski definition) is 7. The van der Waals surface area contributed by atoms with Gasteiger partial charge in [0.05, 0.1) is 30.8 Å². The minimum Gasteiger partial charge on any atom is -0.497 e. The number of para-hydroxylation sites is 2. The van der Waals surface area contributed by atoms with E-state index in [0.29, 0.717) is 28.5 Å². The van der Waals surface area contributed by atoms with Crippen LogP contribution in [-0.4, -0.2) is 40.8 Å². The summed E-state index contributed by atoms with van der Waals surface area (Å²) in [6.45, 7) is 2.94. The third kappa shape index (κ3) is 4.17. The lowest BCUT2D eigenvalue weighted by molar-refractivity contribution is -0.127. The predicted octanol–water partition coefficient (Wildman–Crippen LogP) is 2.66. The van der Waals surface area contributed by atoms with Crippen LogP contribution in [0.15, 0.2) is 48.2 Å². The number of hydrogen-bond donors (Lipinski definition) is 4. The van der Waals surface area contributed by atoms with Crippen molar-refractivity contribution in [3.05, 3.63) is 54.0 Å². The Hall–Kier alpha value is -3.52. The number of rotatable bonds is 7. The first-order valence-electron chi connectivity index (χ1n) is 8.95. The highest BCUT2D eigenvalue weighted by Gasteiger charge is 2.35. The fourth-order valence-corrected chi connectivity index (χ4v) is 3.01. The third-order valence-corrected chi connectivity index (χ3v) is 4.43. The van der Waals surface area contributed by atoms with E-state index in [4.69, 9.17) is 15.2 Å². The van der Waals surface area contributed by atoms with Crippen LogP contribution in [0.5, 0.6) is 11.5 Å². The van der Waals surface area contributed by atoms with E-state index >= 15 is 0 Å². The molecule has 5 N–H and O–H groups in total. The van der Waals surface area contributed by atoms with Crippen LogP contribution < -0.4 is 20.5 Å². The zero-order valence-corrected chi connectivity index (χ0v) is 16.7. The Balaban J connectivity index is 1.96. The van der Waals surface area contributed by atoms with Gasteiger partial charge in [-0.05, 0) is 26.0 Å². The molecular weight excluding hydrogens is 372 g/mol. The van der Waals surface area contributed by atoms with Gasteiger partial charge in [0, 0.05) is 29.6 Å². The van der Waals surface area contributed by atoms with Crippen LogP contribution in [-0.2, 0) is 4.79 Å². The molecule has 0 bridgehead atoms. The van der Waals surface area contributed by atoms with Gasteiger partial charge in [0.15, 0.2) is 5.72 Å². The Morgan fingerprint density at radius 3 is 2.34 bits per heavy atom. The fraction of sp³-hybridized carbons (Fsp3) is 0.238. The predicted molar refractivity (Wildman–Crippen MR) is 112 cm³/mol. The monoisotopic (exact) mass is 396 g/mol. The van der Waals surface area contributed by atoms with E-state index in [1.54, 1.807) is 25.1 Å². The molecule has 8 nitrogen and oxygen atoms in total. The number of nitrogens with two attached hydrogens (primary N) is 1. The molecule has 1 aromatic heterocycles. The van der Waals surface area contributed by atoms with Crippen molar-refractivity contribution in [2.75, 3.05) is 19.5 Å². The lowest BCUT2D eigenvalue weighted by Gasteiger charge is -2.26. The average Bonchev–Trinajstić information content (AvgIpc) is 3.10. The van der Waals surface area contributed by atoms with Crippen molar-refractivity contribution in [2.45, 2.75) is 19.6 Å². The highest BCUT2D eigenvalue weighted by Crippen LogP contribution is 2.30. The summed E-state index contributed by atoms with van der Waals surface area (Å²) in [5, 5.41) is 13.8. The van der Waals surface area contributed by atoms with Gasteiger partial charge >= 0.3 is 0 Å². The number of carbonyl (C=O) groups is 1. The first-order valence-corrected chi connectivity index (χ1v) is 8.95. The van der Waals surface area contributed by atoms with Crippen LogP contribution >= 0.6 is 0 Å². The smallest absolute Gasteiger partial charge is 0.220 e. The van der Waals surface area contributed by atoms with Gasteiger partial charge in [-0.15, -0.1) is 0 Å². The van der Waals surface area contributed by atoms with Crippen molar-refractivity contribution in [3.63, 3.8) is 0 Å². The van der Waals surface area contributed by atoms with Crippen LogP contribution in [0.1, 0.15) is 19.7 Å². The molecule has 29 heavy (non-hydrogen) atoms. The second-order valence-corrected chi connectivity index (χ2v) is 6.79. The second kappa shape index (κ2) is 7.84. The molecule has 2 aromatic carbocycles. The molecule has 152 valence electrons. The van der Waals surface area contributed by atoms with Crippen LogP contribution in [0.3, 0.4) is 0 Å². The minimum atomic E-state index is -1.97. The molecule has 0 aliphatic heterocycles. The number of nitrogens with one attached hydrogen (secondary N) is 2. The molecule has 0 aliphatic carbocycles. The quantitative estimate of drug-likeness (QED) is 0.358. The van der Waals surface area contributed by atoms with Gasteiger partial charge in [0.1, 0.15) is 17.3 Å². The van der Waals surface area contributed by atoms with Gasteiger partial charge in [-0.2, -0.15) is 0 Å². The first-order chi connectivity index (χ1) is 13.7. The molecule has 0 saturated heterocycles. The summed E-state index contributed by atoms with van der Waals surface area (Å²) in [4.78, 5) is 20.7. The number of aromatic amines is 1. The summed E-state index contributed by atoms with van der Waals surface area (Å²) < 4.78 is 10.5. The van der Waals surface area contributed by atoms with Gasteiger partial charge in [0.2, 0.25) is 5.78 Å². The Morgan fingerprint density at radius 2 is 1.79 bits per heavy atom. The van der Waals surface area contributed by atoms with Crippen molar-refractivity contribution < 1.29 is 19.4 Å². The molecule has 0 radical (unpaired) electrons. The van der Waals surface area contributed by atoms with E-state index < -0.39 is 11.5 Å². The van der Waals surface area contributed by atoms with E-state index in [1.807, 2.05) is 24.3 Å². The molecule has 3 rings (SSSR count). The van der Waals surface area contributed by atoms with E-state index in [1.165, 1.54) is 21.1 Å². The molecule has 0 aliphatic rings. The normalized spacial score (nSPS) is 14.1. The van der Waals surface area contributed by atoms with Gasteiger partial charge in [-0.1, -0.05) is 12.1 Å². The zero-order valence-electron chi connectivity index (χ0n) is 16.7. The number of anilines is 1. The molecule has 8 heteroatoms. The summed E-state index contributed by atoms with van der Waals surface area (Å²) in [6.07, 6.45) is 0. The fourth-order valence-electron chi connectivity index (χ4n) is 3.01. The summed E-state index contributed by atoms with van der Waals surface area (Å²) >= 11 is 0. The summed E-state index contributed by atoms with van der Waals surface area (Å²) in [5.41, 5.74) is 6.27. The van der Waals surface area contributed by atoms with Crippen molar-refractivity contribution >= 4 is 28.1 Å². The van der Waals surface area contributed by atoms with Crippen molar-refractivity contribution in [1.29, 1.82) is 0 Å². The molecule has 0 spiro atoms. The van der Waals surface area contributed by atoms with Gasteiger partial charge < -0.3 is 30.6 Å². The Labute approximate surface area is 168 Å². The number of ether oxygens (including phenoxy) is 2. The first kappa shape index (κ1) is 20.2. The average molecular weight is 396 g/mol. The standard InChI is InChI=1S/C21H24N4O4/c1-12(22)18(20-23-16-7-5-6-8-17(16)24-20)19(26)21(2,27)25-13-9-14(28-3)11-15(10-13)29-4/h5-11,25,27H,22H2,1-4H3,(H,23,24)/b18-12-. The third-order valence-electron chi connectivity index (χ3n) is 4.43. The van der Waals surface area contributed by atoms with Gasteiger partial charge in [0.25, 0.3) is 0 Å². The number of methoxy groups -OCH3 is 2. The van der Waals surface area contributed by atoms with Gasteiger partial charge in [-0.3, -0.25) is 4.79 Å². The van der Waals surface area contributed by atoms with E-state index in [2.05, 4.69) is 15.3 Å². The van der Waals surface area contributed by atoms with Crippen molar-refractivity contribution in [2.24, 2.45) is 5.73 Å². The molecule has 0 amide bonds. The Bertz CT molecular complexity index is 1030. The maximum atomic E-state index is 13.2. The number of benzene rings is 2. The van der Waals surface area contributed by atoms with Crippen LogP contribution in [0, 0.1) is 0 Å². The number of imidazole rings is 1. The Kier molecular flexibility index (Phi) is 5.47. The summed E-state index contributed by atoms with van der Waals surface area (Å²) in [7, 11) is 3.03. The molecule has 0 saturated carbocycles. The number of nitrogens with zero attached hydrogens (tertiary/aromatic N) is 1. The number of aliphatic hydroxyl groups is 1. The van der Waals surface area contributed by atoms with Crippen LogP contribution in [0.2, 0.25) is 0 Å². The lowest BCUT2D eigenvalue weighted by Crippen LogP contribution is -2.44. The molecular formula is C21H24N4O4.